The van der Waals surface area contributed by atoms with Gasteiger partial charge in [-0.25, -0.2) is 4.79 Å². The number of methoxy groups -OCH3 is 1. The maximum absolute atomic E-state index is 11.2. The average molecular weight is 334 g/mol. The van der Waals surface area contributed by atoms with Crippen molar-refractivity contribution in [2.75, 3.05) is 13.7 Å². The summed E-state index contributed by atoms with van der Waals surface area (Å²) in [4.78, 5) is 11.2. The first-order chi connectivity index (χ1) is 9.84. The van der Waals surface area contributed by atoms with Crippen LogP contribution in [0.5, 0.6) is 0 Å². The minimum absolute atomic E-state index is 0.124. The van der Waals surface area contributed by atoms with Gasteiger partial charge in [0, 0.05) is 6.42 Å². The van der Waals surface area contributed by atoms with Gasteiger partial charge in [0.25, 0.3) is 0 Å². The summed E-state index contributed by atoms with van der Waals surface area (Å²) in [7, 11) is -0.672. The molecular weight excluding hydrogens is 304 g/mol. The lowest BCUT2D eigenvalue weighted by atomic mass is 9.97. The molecule has 1 saturated heterocycles. The molecule has 1 aliphatic heterocycles. The molecule has 0 saturated carbocycles. The molecule has 0 aromatic heterocycles. The third-order valence-electron chi connectivity index (χ3n) is 4.86. The van der Waals surface area contributed by atoms with Crippen LogP contribution in [0, 0.1) is 0 Å². The number of aliphatic hydroxyl groups is 2. The Balaban J connectivity index is 2.48. The molecule has 0 unspecified atom stereocenters. The molecule has 1 rings (SSSR count). The molecule has 7 heteroatoms. The van der Waals surface area contributed by atoms with Gasteiger partial charge < -0.3 is 24.1 Å². The molecule has 0 aromatic carbocycles. The Bertz CT molecular complexity index is 405. The van der Waals surface area contributed by atoms with Crippen LogP contribution < -0.4 is 0 Å². The van der Waals surface area contributed by atoms with Crippen LogP contribution in [0.2, 0.25) is 18.1 Å². The molecule has 0 bridgehead atoms. The Morgan fingerprint density at radius 3 is 2.36 bits per heavy atom. The largest absolute Gasteiger partial charge is 0.467 e. The number of carbonyl (C=O) groups is 1. The van der Waals surface area contributed by atoms with E-state index in [9.17, 15) is 15.0 Å². The van der Waals surface area contributed by atoms with Gasteiger partial charge in [-0.3, -0.25) is 0 Å². The summed E-state index contributed by atoms with van der Waals surface area (Å²) < 4.78 is 16.1. The zero-order valence-electron chi connectivity index (χ0n) is 14.7. The van der Waals surface area contributed by atoms with Crippen LogP contribution in [0.15, 0.2) is 0 Å². The summed E-state index contributed by atoms with van der Waals surface area (Å²) in [6, 6.07) is 0. The molecule has 2 N–H and O–H groups in total. The van der Waals surface area contributed by atoms with Crippen LogP contribution in [0.1, 0.15) is 34.1 Å². The van der Waals surface area contributed by atoms with E-state index < -0.39 is 32.1 Å². The highest BCUT2D eigenvalue weighted by molar-refractivity contribution is 6.74. The minimum atomic E-state index is -1.84. The molecule has 22 heavy (non-hydrogen) atoms. The van der Waals surface area contributed by atoms with Gasteiger partial charge in [-0.05, 0) is 25.1 Å². The topological polar surface area (TPSA) is 88.5 Å². The zero-order valence-corrected chi connectivity index (χ0v) is 15.7. The number of hydrogen-bond donors (Lipinski definition) is 2. The second kappa shape index (κ2) is 6.57. The number of hydrogen-bond acceptors (Lipinski definition) is 6. The van der Waals surface area contributed by atoms with Gasteiger partial charge in [0.2, 0.25) is 0 Å². The van der Waals surface area contributed by atoms with Crippen LogP contribution >= 0.6 is 0 Å². The van der Waals surface area contributed by atoms with Crippen LogP contribution in [0.25, 0.3) is 0 Å². The fraction of sp³-hybridized carbons (Fsp3) is 0.933. The Kier molecular flexibility index (Phi) is 5.84. The lowest BCUT2D eigenvalue weighted by Gasteiger charge is -2.36. The lowest BCUT2D eigenvalue weighted by molar-refractivity contribution is -0.157. The number of aliphatic hydroxyl groups excluding tert-OH is 2. The van der Waals surface area contributed by atoms with Gasteiger partial charge in [-0.15, -0.1) is 0 Å². The molecule has 1 heterocycles. The predicted octanol–water partition coefficient (Wildman–Crippen LogP) is 1.45. The highest BCUT2D eigenvalue weighted by Crippen LogP contribution is 2.43. The van der Waals surface area contributed by atoms with Gasteiger partial charge in [0.15, 0.2) is 14.4 Å². The highest BCUT2D eigenvalue weighted by Gasteiger charge is 2.55. The minimum Gasteiger partial charge on any atom is -0.467 e. The second-order valence-corrected chi connectivity index (χ2v) is 12.5. The third-order valence-corrected chi connectivity index (χ3v) is 9.36. The Hall–Kier alpha value is -0.473. The molecule has 1 aliphatic rings. The van der Waals surface area contributed by atoms with Gasteiger partial charge in [0.1, 0.15) is 6.10 Å². The average Bonchev–Trinajstić information content (AvgIpc) is 3.03. The third kappa shape index (κ3) is 4.52. The van der Waals surface area contributed by atoms with E-state index in [1.807, 2.05) is 6.92 Å². The molecule has 130 valence electrons. The maximum atomic E-state index is 11.2. The van der Waals surface area contributed by atoms with E-state index in [2.05, 4.69) is 38.6 Å². The molecule has 6 nitrogen and oxygen atoms in total. The van der Waals surface area contributed by atoms with Crippen LogP contribution in [-0.2, 0) is 18.7 Å². The fourth-order valence-electron chi connectivity index (χ4n) is 1.99. The van der Waals surface area contributed by atoms with Crippen molar-refractivity contribution in [2.45, 2.75) is 76.2 Å². The lowest BCUT2D eigenvalue weighted by Crippen LogP contribution is -2.42. The van der Waals surface area contributed by atoms with Crippen molar-refractivity contribution in [3.63, 3.8) is 0 Å². The number of ether oxygens (including phenoxy) is 2. The molecule has 0 aromatic rings. The summed E-state index contributed by atoms with van der Waals surface area (Å²) in [5.74, 6) is -0.842. The molecule has 0 aliphatic carbocycles. The number of esters is 1. The SMILES string of the molecule is COC(=O)[C@@H](O)[C@H](O)C[C@]1(C)O[C@H]1CO[Si](C)(C)C(C)(C)C. The highest BCUT2D eigenvalue weighted by atomic mass is 28.4. The van der Waals surface area contributed by atoms with Crippen LogP contribution in [-0.4, -0.2) is 62.1 Å². The summed E-state index contributed by atoms with van der Waals surface area (Å²) >= 11 is 0. The molecule has 4 atom stereocenters. The van der Waals surface area contributed by atoms with Crippen molar-refractivity contribution >= 4 is 14.3 Å². The van der Waals surface area contributed by atoms with E-state index >= 15 is 0 Å². The van der Waals surface area contributed by atoms with Gasteiger partial charge in [-0.1, -0.05) is 20.8 Å². The van der Waals surface area contributed by atoms with E-state index in [1.54, 1.807) is 0 Å². The first-order valence-electron chi connectivity index (χ1n) is 7.60. The van der Waals surface area contributed by atoms with Crippen molar-refractivity contribution in [2.24, 2.45) is 0 Å². The summed E-state index contributed by atoms with van der Waals surface area (Å²) in [6.07, 6.45) is -2.72. The van der Waals surface area contributed by atoms with Gasteiger partial charge in [0.05, 0.1) is 25.4 Å². The number of rotatable bonds is 7. The number of epoxide rings is 1. The first kappa shape index (κ1) is 19.6. The van der Waals surface area contributed by atoms with E-state index in [0.717, 1.165) is 0 Å². The summed E-state index contributed by atoms with van der Waals surface area (Å²) in [5, 5.41) is 19.7. The first-order valence-corrected chi connectivity index (χ1v) is 10.5. The van der Waals surface area contributed by atoms with Crippen LogP contribution in [0.3, 0.4) is 0 Å². The molecular formula is C15H30O6Si. The standard InChI is InChI=1S/C15H30O6Si/c1-14(2,3)22(6,7)20-9-11-15(4,21-11)8-10(16)12(17)13(18)19-5/h10-12,16-17H,8-9H2,1-7H3/t10-,11+,12+,15+/m1/s1. The van der Waals surface area contributed by atoms with E-state index in [4.69, 9.17) is 9.16 Å². The predicted molar refractivity (Wildman–Crippen MR) is 85.1 cm³/mol. The van der Waals surface area contributed by atoms with E-state index in [-0.39, 0.29) is 17.6 Å². The Morgan fingerprint density at radius 2 is 1.91 bits per heavy atom. The fourth-order valence-corrected chi connectivity index (χ4v) is 2.99. The second-order valence-electron chi connectivity index (χ2n) is 7.73. The number of carbonyl (C=O) groups excluding carboxylic acids is 1. The van der Waals surface area contributed by atoms with E-state index in [1.165, 1.54) is 7.11 Å². The molecule has 1 fully saturated rings. The van der Waals surface area contributed by atoms with Crippen molar-refractivity contribution in [1.29, 1.82) is 0 Å². The summed E-state index contributed by atoms with van der Waals surface area (Å²) in [6.45, 7) is 13.2. The quantitative estimate of drug-likeness (QED) is 0.416. The van der Waals surface area contributed by atoms with Crippen molar-refractivity contribution in [1.82, 2.24) is 0 Å². The Morgan fingerprint density at radius 1 is 1.36 bits per heavy atom. The smallest absolute Gasteiger partial charge is 0.337 e. The zero-order chi connectivity index (χ0) is 17.3. The maximum Gasteiger partial charge on any atom is 0.337 e. The van der Waals surface area contributed by atoms with E-state index in [0.29, 0.717) is 6.61 Å². The normalized spacial score (nSPS) is 28.1. The summed E-state index contributed by atoms with van der Waals surface area (Å²) in [5.41, 5.74) is -0.573. The molecule has 0 radical (unpaired) electrons. The Labute approximate surface area is 133 Å². The monoisotopic (exact) mass is 334 g/mol. The molecule has 0 amide bonds. The molecule has 0 spiro atoms. The van der Waals surface area contributed by atoms with Crippen molar-refractivity contribution in [3.8, 4) is 0 Å². The van der Waals surface area contributed by atoms with Crippen molar-refractivity contribution < 1.29 is 28.9 Å². The van der Waals surface area contributed by atoms with Crippen molar-refractivity contribution in [3.05, 3.63) is 0 Å². The van der Waals surface area contributed by atoms with Crippen LogP contribution in [0.4, 0.5) is 0 Å². The van der Waals surface area contributed by atoms with Gasteiger partial charge in [-0.2, -0.15) is 0 Å². The van der Waals surface area contributed by atoms with Gasteiger partial charge >= 0.3 is 5.97 Å².